The summed E-state index contributed by atoms with van der Waals surface area (Å²) in [5, 5.41) is 0.891. The van der Waals surface area contributed by atoms with Gasteiger partial charge in [0.05, 0.1) is 23.1 Å². The monoisotopic (exact) mass is 389 g/mol. The highest BCUT2D eigenvalue weighted by Crippen LogP contribution is 2.26. The molecule has 148 valence electrons. The fourth-order valence-electron chi connectivity index (χ4n) is 3.93. The van der Waals surface area contributed by atoms with E-state index in [2.05, 4.69) is 32.8 Å². The van der Waals surface area contributed by atoms with Crippen LogP contribution >= 0.6 is 0 Å². The molecule has 1 aromatic carbocycles. The van der Waals surface area contributed by atoms with Crippen LogP contribution in [-0.4, -0.2) is 52.0 Å². The van der Waals surface area contributed by atoms with Crippen LogP contribution in [0.1, 0.15) is 12.6 Å². The van der Waals surface area contributed by atoms with Gasteiger partial charge in [0.1, 0.15) is 5.58 Å². The van der Waals surface area contributed by atoms with Gasteiger partial charge in [-0.2, -0.15) is 0 Å². The van der Waals surface area contributed by atoms with E-state index in [9.17, 15) is 4.79 Å². The number of fused-ring (bicyclic) bond motifs is 2. The summed E-state index contributed by atoms with van der Waals surface area (Å²) < 4.78 is 7.56. The normalized spacial score (nSPS) is 15.4. The second kappa shape index (κ2) is 7.00. The Balaban J connectivity index is 1.50. The molecule has 0 spiro atoms. The highest BCUT2D eigenvalue weighted by Gasteiger charge is 2.17. The number of anilines is 1. The lowest BCUT2D eigenvalue weighted by atomic mass is 10.1. The smallest absolute Gasteiger partial charge is 0.345 e. The summed E-state index contributed by atoms with van der Waals surface area (Å²) >= 11 is 0. The predicted octanol–water partition coefficient (Wildman–Crippen LogP) is 2.95. The van der Waals surface area contributed by atoms with Crippen molar-refractivity contribution >= 4 is 22.3 Å². The number of rotatable bonds is 3. The van der Waals surface area contributed by atoms with Gasteiger partial charge in [0.15, 0.2) is 5.65 Å². The van der Waals surface area contributed by atoms with E-state index in [0.717, 1.165) is 49.5 Å². The molecule has 0 saturated carbocycles. The Bertz CT molecular complexity index is 1250. The summed E-state index contributed by atoms with van der Waals surface area (Å²) in [6.45, 7) is 9.27. The number of piperazine rings is 1. The van der Waals surface area contributed by atoms with Crippen molar-refractivity contribution in [3.63, 3.8) is 0 Å². The lowest BCUT2D eigenvalue weighted by Gasteiger charge is -2.35. The third-order valence-electron chi connectivity index (χ3n) is 5.65. The Kier molecular flexibility index (Phi) is 4.32. The van der Waals surface area contributed by atoms with E-state index in [1.54, 1.807) is 6.20 Å². The largest absolute Gasteiger partial charge is 0.422 e. The Morgan fingerprint density at radius 3 is 2.72 bits per heavy atom. The first-order chi connectivity index (χ1) is 14.1. The number of hydrogen-bond acceptors (Lipinski definition) is 6. The van der Waals surface area contributed by atoms with Crippen molar-refractivity contribution in [1.29, 1.82) is 0 Å². The van der Waals surface area contributed by atoms with Gasteiger partial charge in [-0.15, -0.1) is 0 Å². The van der Waals surface area contributed by atoms with Crippen molar-refractivity contribution in [3.8, 4) is 11.3 Å². The van der Waals surface area contributed by atoms with Gasteiger partial charge >= 0.3 is 5.63 Å². The molecule has 0 N–H and O–H groups in total. The maximum atomic E-state index is 12.7. The van der Waals surface area contributed by atoms with Crippen LogP contribution in [0.2, 0.25) is 0 Å². The summed E-state index contributed by atoms with van der Waals surface area (Å²) in [6.07, 6.45) is 5.43. The molecule has 1 aliphatic heterocycles. The van der Waals surface area contributed by atoms with Crippen molar-refractivity contribution in [3.05, 3.63) is 59.0 Å². The van der Waals surface area contributed by atoms with Crippen molar-refractivity contribution in [2.75, 3.05) is 37.6 Å². The van der Waals surface area contributed by atoms with Gasteiger partial charge in [-0.05, 0) is 31.7 Å². The number of imidazole rings is 1. The summed E-state index contributed by atoms with van der Waals surface area (Å²) in [7, 11) is 0. The maximum absolute atomic E-state index is 12.7. The molecular weight excluding hydrogens is 366 g/mol. The maximum Gasteiger partial charge on any atom is 0.345 e. The number of hydrogen-bond donors (Lipinski definition) is 0. The molecule has 0 amide bonds. The molecule has 3 aromatic heterocycles. The van der Waals surface area contributed by atoms with Gasteiger partial charge in [0, 0.05) is 55.7 Å². The number of nitrogens with zero attached hydrogens (tertiary/aromatic N) is 5. The number of likely N-dealkylation sites (N-methyl/N-ethyl adjacent to an activating group) is 1. The minimum absolute atomic E-state index is 0.376. The molecule has 29 heavy (non-hydrogen) atoms. The third-order valence-corrected chi connectivity index (χ3v) is 5.65. The van der Waals surface area contributed by atoms with E-state index < -0.39 is 0 Å². The second-order valence-corrected chi connectivity index (χ2v) is 7.51. The average molecular weight is 389 g/mol. The molecule has 7 nitrogen and oxygen atoms in total. The highest BCUT2D eigenvalue weighted by atomic mass is 16.4. The lowest BCUT2D eigenvalue weighted by molar-refractivity contribution is 0.271. The Hall–Kier alpha value is -3.19. The van der Waals surface area contributed by atoms with E-state index in [1.165, 1.54) is 0 Å². The van der Waals surface area contributed by atoms with Gasteiger partial charge < -0.3 is 18.6 Å². The fraction of sp³-hybridized carbons (Fsp3) is 0.318. The first-order valence-electron chi connectivity index (χ1n) is 9.97. The van der Waals surface area contributed by atoms with E-state index >= 15 is 0 Å². The van der Waals surface area contributed by atoms with Crippen molar-refractivity contribution in [2.24, 2.45) is 0 Å². The molecular formula is C22H23N5O2. The summed E-state index contributed by atoms with van der Waals surface area (Å²) in [5.74, 6) is 0. The van der Waals surface area contributed by atoms with Crippen LogP contribution in [0.5, 0.6) is 0 Å². The quantitative estimate of drug-likeness (QED) is 0.502. The van der Waals surface area contributed by atoms with Crippen LogP contribution in [-0.2, 0) is 0 Å². The molecule has 1 saturated heterocycles. The van der Waals surface area contributed by atoms with Crippen LogP contribution in [0, 0.1) is 6.92 Å². The summed E-state index contributed by atoms with van der Waals surface area (Å²) in [5.41, 5.74) is 3.97. The number of benzene rings is 1. The van der Waals surface area contributed by atoms with Gasteiger partial charge in [-0.3, -0.25) is 4.98 Å². The highest BCUT2D eigenvalue weighted by molar-refractivity contribution is 5.84. The molecule has 1 aliphatic rings. The molecule has 0 radical (unpaired) electrons. The van der Waals surface area contributed by atoms with Gasteiger partial charge in [-0.1, -0.05) is 6.92 Å². The van der Waals surface area contributed by atoms with Crippen molar-refractivity contribution in [1.82, 2.24) is 19.3 Å². The zero-order valence-electron chi connectivity index (χ0n) is 16.6. The topological polar surface area (TPSA) is 66.9 Å². The zero-order valence-corrected chi connectivity index (χ0v) is 16.6. The van der Waals surface area contributed by atoms with Crippen LogP contribution in [0.15, 0.2) is 52.1 Å². The van der Waals surface area contributed by atoms with Crippen molar-refractivity contribution in [2.45, 2.75) is 13.8 Å². The lowest BCUT2D eigenvalue weighted by Crippen LogP contribution is -2.46. The molecule has 5 rings (SSSR count). The predicted molar refractivity (Wildman–Crippen MR) is 114 cm³/mol. The standard InChI is InChI=1S/C22H23N5O2/c1-3-25-6-8-26(9-7-25)17-5-4-16-10-18(22(28)29-20(16)11-17)19-14-27-13-15(2)23-12-21(27)24-19/h4-5,10-14H,3,6-9H2,1-2H3. The van der Waals surface area contributed by atoms with E-state index in [-0.39, 0.29) is 5.63 Å². The fourth-order valence-corrected chi connectivity index (χ4v) is 3.93. The molecule has 1 fully saturated rings. The van der Waals surface area contributed by atoms with Crippen LogP contribution < -0.4 is 10.5 Å². The number of aromatic nitrogens is 3. The number of aryl methyl sites for hydroxylation is 1. The summed E-state index contributed by atoms with van der Waals surface area (Å²) in [4.78, 5) is 26.3. The van der Waals surface area contributed by atoms with E-state index in [4.69, 9.17) is 4.42 Å². The van der Waals surface area contributed by atoms with E-state index in [1.807, 2.05) is 41.9 Å². The zero-order chi connectivity index (χ0) is 20.0. The Morgan fingerprint density at radius 1 is 1.10 bits per heavy atom. The first kappa shape index (κ1) is 17.9. The molecule has 0 atom stereocenters. The molecule has 0 bridgehead atoms. The van der Waals surface area contributed by atoms with E-state index in [0.29, 0.717) is 22.5 Å². The van der Waals surface area contributed by atoms with Crippen LogP contribution in [0.4, 0.5) is 5.69 Å². The van der Waals surface area contributed by atoms with Gasteiger partial charge in [0.2, 0.25) is 0 Å². The SMILES string of the molecule is CCN1CCN(c2ccc3cc(-c4cn5cc(C)ncc5n4)c(=O)oc3c2)CC1. The van der Waals surface area contributed by atoms with Crippen molar-refractivity contribution < 1.29 is 4.42 Å². The van der Waals surface area contributed by atoms with Crippen LogP contribution in [0.3, 0.4) is 0 Å². The molecule has 4 aromatic rings. The average Bonchev–Trinajstić information content (AvgIpc) is 3.15. The molecule has 0 unspecified atom stereocenters. The summed E-state index contributed by atoms with van der Waals surface area (Å²) in [6, 6.07) is 7.95. The minimum Gasteiger partial charge on any atom is -0.422 e. The minimum atomic E-state index is -0.376. The van der Waals surface area contributed by atoms with Gasteiger partial charge in [0.25, 0.3) is 0 Å². The molecule has 0 aliphatic carbocycles. The Labute approximate surface area is 168 Å². The first-order valence-corrected chi connectivity index (χ1v) is 9.97. The third kappa shape index (κ3) is 3.27. The Morgan fingerprint density at radius 2 is 1.93 bits per heavy atom. The van der Waals surface area contributed by atoms with Crippen LogP contribution in [0.25, 0.3) is 27.9 Å². The molecule has 7 heteroatoms. The molecule has 4 heterocycles. The van der Waals surface area contributed by atoms with Gasteiger partial charge in [-0.25, -0.2) is 9.78 Å². The second-order valence-electron chi connectivity index (χ2n) is 7.51.